The van der Waals surface area contributed by atoms with Gasteiger partial charge in [-0.25, -0.2) is 0 Å². The highest BCUT2D eigenvalue weighted by molar-refractivity contribution is 6.85. The van der Waals surface area contributed by atoms with Gasteiger partial charge in [0.1, 0.15) is 8.80 Å². The second-order valence-corrected chi connectivity index (χ2v) is 16.3. The van der Waals surface area contributed by atoms with Gasteiger partial charge in [0.2, 0.25) is 0 Å². The Morgan fingerprint density at radius 1 is 0.609 bits per heavy atom. The van der Waals surface area contributed by atoms with E-state index in [4.69, 9.17) is 0 Å². The number of unbranched alkanes of at least 4 members (excludes halogenated alkanes) is 1. The maximum atomic E-state index is 2.44. The fraction of sp³-hybridized carbons (Fsp3) is 0.400. The van der Waals surface area contributed by atoms with Crippen LogP contribution in [0, 0.1) is 0 Å². The summed E-state index contributed by atoms with van der Waals surface area (Å²) in [5.74, 6) is 0. The molecule has 0 aliphatic rings. The molecule has 0 saturated carbocycles. The van der Waals surface area contributed by atoms with Gasteiger partial charge < -0.3 is 0 Å². The molecule has 0 aromatic heterocycles. The van der Waals surface area contributed by atoms with Crippen LogP contribution < -0.4 is 20.7 Å². The third kappa shape index (κ3) is 5.03. The first kappa shape index (κ1) is 18.4. The molecule has 3 heteroatoms. The monoisotopic (exact) mass is 356 g/mol. The van der Waals surface area contributed by atoms with Gasteiger partial charge in [-0.1, -0.05) is 121 Å². The van der Waals surface area contributed by atoms with Crippen LogP contribution >= 0.6 is 0 Å². The Labute approximate surface area is 147 Å². The summed E-state index contributed by atoms with van der Waals surface area (Å²) >= 11 is 0. The number of benzene rings is 2. The van der Waals surface area contributed by atoms with E-state index >= 15 is 0 Å². The van der Waals surface area contributed by atoms with E-state index in [1.54, 1.807) is 20.7 Å². The second kappa shape index (κ2) is 8.81. The van der Waals surface area contributed by atoms with Crippen LogP contribution in [0.3, 0.4) is 0 Å². The van der Waals surface area contributed by atoms with Crippen LogP contribution in [-0.2, 0) is 0 Å². The molecular formula is C20H32Si3. The van der Waals surface area contributed by atoms with Crippen molar-refractivity contribution >= 4 is 47.1 Å². The zero-order chi connectivity index (χ0) is 16.8. The molecular weight excluding hydrogens is 324 g/mol. The Kier molecular flexibility index (Phi) is 7.06. The Bertz CT molecular complexity index is 534. The van der Waals surface area contributed by atoms with Crippen LogP contribution in [0.5, 0.6) is 0 Å². The summed E-state index contributed by atoms with van der Waals surface area (Å²) in [6, 6.07) is 20.8. The minimum absolute atomic E-state index is 0.675. The van der Waals surface area contributed by atoms with Gasteiger partial charge in [-0.2, -0.15) is 0 Å². The van der Waals surface area contributed by atoms with Gasteiger partial charge in [0.15, 0.2) is 0 Å². The van der Waals surface area contributed by atoms with Crippen LogP contribution in [0.4, 0.5) is 0 Å². The first-order chi connectivity index (χ1) is 11.0. The van der Waals surface area contributed by atoms with E-state index in [1.165, 1.54) is 18.9 Å². The summed E-state index contributed by atoms with van der Waals surface area (Å²) < 4.78 is 0. The lowest BCUT2D eigenvalue weighted by Gasteiger charge is -2.18. The van der Waals surface area contributed by atoms with E-state index < -0.39 is 26.4 Å². The summed E-state index contributed by atoms with van der Waals surface area (Å²) in [5.41, 5.74) is 0. The van der Waals surface area contributed by atoms with E-state index in [2.05, 4.69) is 81.6 Å². The Morgan fingerprint density at radius 3 is 1.26 bits per heavy atom. The Balaban J connectivity index is 2.28. The van der Waals surface area contributed by atoms with Gasteiger partial charge in [-0.05, 0) is 0 Å². The molecule has 2 aromatic carbocycles. The lowest BCUT2D eigenvalue weighted by molar-refractivity contribution is 0.878. The van der Waals surface area contributed by atoms with E-state index in [1.807, 2.05) is 0 Å². The van der Waals surface area contributed by atoms with Crippen LogP contribution in [0.1, 0.15) is 19.8 Å². The summed E-state index contributed by atoms with van der Waals surface area (Å²) in [5, 5.41) is 6.45. The predicted molar refractivity (Wildman–Crippen MR) is 116 cm³/mol. The molecule has 0 amide bonds. The zero-order valence-corrected chi connectivity index (χ0v) is 18.9. The predicted octanol–water partition coefficient (Wildman–Crippen LogP) is 2.22. The van der Waals surface area contributed by atoms with E-state index in [9.17, 15) is 0 Å². The second-order valence-electron chi connectivity index (χ2n) is 7.34. The summed E-state index contributed by atoms with van der Waals surface area (Å²) in [4.78, 5) is 0. The molecule has 0 heterocycles. The minimum Gasteiger partial charge on any atom is -0.0682 e. The SMILES string of the molecule is CCCC[SiH](c1ccc([SiH](C)C)cc1)c1ccc([SiH](C)C)cc1. The molecule has 2 aromatic rings. The maximum absolute atomic E-state index is 2.44. The number of hydrogen-bond acceptors (Lipinski definition) is 0. The normalized spacial score (nSPS) is 11.7. The molecule has 124 valence electrons. The maximum Gasteiger partial charge on any atom is 0.103 e. The highest BCUT2D eigenvalue weighted by Crippen LogP contribution is 2.03. The quantitative estimate of drug-likeness (QED) is 0.667. The summed E-state index contributed by atoms with van der Waals surface area (Å²) in [6.45, 7) is 12.0. The Morgan fingerprint density at radius 2 is 0.957 bits per heavy atom. The smallest absolute Gasteiger partial charge is 0.0682 e. The summed E-state index contributed by atoms with van der Waals surface area (Å²) in [7, 11) is -2.39. The van der Waals surface area contributed by atoms with Crippen LogP contribution in [0.2, 0.25) is 32.2 Å². The van der Waals surface area contributed by atoms with Crippen molar-refractivity contribution < 1.29 is 0 Å². The van der Waals surface area contributed by atoms with Crippen LogP contribution in [0.15, 0.2) is 48.5 Å². The molecule has 0 atom stereocenters. The topological polar surface area (TPSA) is 0 Å². The lowest BCUT2D eigenvalue weighted by Crippen LogP contribution is -2.43. The van der Waals surface area contributed by atoms with Crippen molar-refractivity contribution in [1.29, 1.82) is 0 Å². The van der Waals surface area contributed by atoms with Gasteiger partial charge in [0.25, 0.3) is 0 Å². The molecule has 0 N–H and O–H groups in total. The van der Waals surface area contributed by atoms with Crippen molar-refractivity contribution in [2.24, 2.45) is 0 Å². The van der Waals surface area contributed by atoms with E-state index in [-0.39, 0.29) is 0 Å². The van der Waals surface area contributed by atoms with Crippen LogP contribution in [-0.4, -0.2) is 26.4 Å². The molecule has 0 saturated heterocycles. The molecule has 0 fully saturated rings. The third-order valence-electron chi connectivity index (χ3n) is 4.86. The highest BCUT2D eigenvalue weighted by Gasteiger charge is 2.16. The van der Waals surface area contributed by atoms with Crippen molar-refractivity contribution in [3.8, 4) is 0 Å². The lowest BCUT2D eigenvalue weighted by atomic mass is 10.3. The minimum atomic E-state index is -1.04. The number of hydrogen-bond donors (Lipinski definition) is 0. The van der Waals surface area contributed by atoms with Crippen molar-refractivity contribution in [3.63, 3.8) is 0 Å². The summed E-state index contributed by atoms with van der Waals surface area (Å²) in [6.07, 6.45) is 2.66. The Hall–Kier alpha value is -0.909. The first-order valence-corrected chi connectivity index (χ1v) is 17.0. The molecule has 0 unspecified atom stereocenters. The van der Waals surface area contributed by atoms with E-state index in [0.29, 0.717) is 0 Å². The fourth-order valence-electron chi connectivity index (χ4n) is 3.16. The highest BCUT2D eigenvalue weighted by atomic mass is 28.3. The molecule has 23 heavy (non-hydrogen) atoms. The third-order valence-corrected chi connectivity index (χ3v) is 11.7. The van der Waals surface area contributed by atoms with Crippen molar-refractivity contribution in [2.75, 3.05) is 0 Å². The zero-order valence-electron chi connectivity index (χ0n) is 15.5. The molecule has 0 aliphatic heterocycles. The average Bonchev–Trinajstić information content (AvgIpc) is 2.56. The van der Waals surface area contributed by atoms with Gasteiger partial charge in [-0.3, -0.25) is 0 Å². The van der Waals surface area contributed by atoms with Gasteiger partial charge in [0.05, 0.1) is 17.6 Å². The molecule has 0 aliphatic carbocycles. The standard InChI is InChI=1S/C20H32Si3/c1-6-7-16-23(19-12-8-17(9-13-19)21(2)3)20-14-10-18(11-15-20)22(4)5/h8-15,21-23H,6-7,16H2,1-5H3. The average molecular weight is 357 g/mol. The molecule has 0 nitrogen and oxygen atoms in total. The van der Waals surface area contributed by atoms with Gasteiger partial charge >= 0.3 is 0 Å². The molecule has 0 radical (unpaired) electrons. The molecule has 0 bridgehead atoms. The van der Waals surface area contributed by atoms with Crippen molar-refractivity contribution in [1.82, 2.24) is 0 Å². The van der Waals surface area contributed by atoms with Crippen molar-refractivity contribution in [3.05, 3.63) is 48.5 Å². The largest absolute Gasteiger partial charge is 0.103 e. The van der Waals surface area contributed by atoms with Gasteiger partial charge in [-0.15, -0.1) is 0 Å². The van der Waals surface area contributed by atoms with Crippen molar-refractivity contribution in [2.45, 2.75) is 52.0 Å². The fourth-order valence-corrected chi connectivity index (χ4v) is 8.27. The molecule has 0 spiro atoms. The first-order valence-electron chi connectivity index (χ1n) is 9.22. The molecule has 2 rings (SSSR count). The number of rotatable bonds is 7. The van der Waals surface area contributed by atoms with Crippen LogP contribution in [0.25, 0.3) is 0 Å². The van der Waals surface area contributed by atoms with E-state index in [0.717, 1.165) is 0 Å². The van der Waals surface area contributed by atoms with Gasteiger partial charge in [0, 0.05) is 0 Å².